The normalized spacial score (nSPS) is 14.5. The number of aromatic amines is 1. The molecular weight excluding hydrogens is 304 g/mol. The molecule has 0 saturated heterocycles. The number of aromatic nitrogens is 3. The van der Waals surface area contributed by atoms with Gasteiger partial charge in [0.25, 0.3) is 5.56 Å². The first-order valence-corrected chi connectivity index (χ1v) is 7.99. The van der Waals surface area contributed by atoms with E-state index in [2.05, 4.69) is 32.8 Å². The zero-order valence-electron chi connectivity index (χ0n) is 13.5. The number of pyridine rings is 1. The fraction of sp³-hybridized carbons (Fsp3) is 0.278. The Kier molecular flexibility index (Phi) is 3.74. The van der Waals surface area contributed by atoms with Gasteiger partial charge in [-0.1, -0.05) is 6.07 Å². The number of hydrogen-bond donors (Lipinski definition) is 1. The Morgan fingerprint density at radius 2 is 2.25 bits per heavy atom. The molecule has 4 heterocycles. The van der Waals surface area contributed by atoms with E-state index in [1.165, 1.54) is 5.56 Å². The van der Waals surface area contributed by atoms with Gasteiger partial charge in [-0.3, -0.25) is 14.7 Å². The fourth-order valence-electron chi connectivity index (χ4n) is 3.05. The van der Waals surface area contributed by atoms with E-state index in [4.69, 9.17) is 4.42 Å². The maximum Gasteiger partial charge on any atom is 0.254 e. The van der Waals surface area contributed by atoms with Crippen molar-refractivity contribution in [3.63, 3.8) is 0 Å². The largest absolute Gasteiger partial charge is 0.461 e. The van der Waals surface area contributed by atoms with Gasteiger partial charge in [0.1, 0.15) is 0 Å². The smallest absolute Gasteiger partial charge is 0.254 e. The molecular formula is C18H18N4O2. The van der Waals surface area contributed by atoms with E-state index >= 15 is 0 Å². The second-order valence-corrected chi connectivity index (χ2v) is 6.04. The zero-order chi connectivity index (χ0) is 16.5. The summed E-state index contributed by atoms with van der Waals surface area (Å²) >= 11 is 0. The van der Waals surface area contributed by atoms with Crippen molar-refractivity contribution >= 4 is 0 Å². The fourth-order valence-corrected chi connectivity index (χ4v) is 3.05. The molecule has 6 nitrogen and oxygen atoms in total. The van der Waals surface area contributed by atoms with Crippen LogP contribution in [-0.4, -0.2) is 26.4 Å². The zero-order valence-corrected chi connectivity index (χ0v) is 13.5. The summed E-state index contributed by atoms with van der Waals surface area (Å²) in [6, 6.07) is 7.59. The number of H-pyrrole nitrogens is 1. The lowest BCUT2D eigenvalue weighted by Gasteiger charge is -2.27. The maximum atomic E-state index is 12.3. The highest BCUT2D eigenvalue weighted by atomic mass is 16.3. The van der Waals surface area contributed by atoms with Gasteiger partial charge in [0.05, 0.1) is 17.7 Å². The molecule has 122 valence electrons. The molecule has 24 heavy (non-hydrogen) atoms. The Morgan fingerprint density at radius 3 is 3.04 bits per heavy atom. The first-order valence-electron chi connectivity index (χ1n) is 7.99. The Bertz CT molecular complexity index is 915. The van der Waals surface area contributed by atoms with Gasteiger partial charge in [-0.25, -0.2) is 4.98 Å². The molecule has 0 amide bonds. The molecule has 4 rings (SSSR count). The van der Waals surface area contributed by atoms with Crippen LogP contribution in [0.4, 0.5) is 0 Å². The van der Waals surface area contributed by atoms with Crippen LogP contribution in [0.15, 0.2) is 45.9 Å². The van der Waals surface area contributed by atoms with Crippen LogP contribution >= 0.6 is 0 Å². The first-order chi connectivity index (χ1) is 11.7. The molecule has 0 unspecified atom stereocenters. The van der Waals surface area contributed by atoms with E-state index in [0.717, 1.165) is 30.0 Å². The van der Waals surface area contributed by atoms with Gasteiger partial charge in [0.15, 0.2) is 11.6 Å². The van der Waals surface area contributed by atoms with Crippen LogP contribution in [0.1, 0.15) is 22.5 Å². The highest BCUT2D eigenvalue weighted by molar-refractivity contribution is 5.47. The number of furan rings is 1. The van der Waals surface area contributed by atoms with Crippen molar-refractivity contribution in [2.75, 3.05) is 6.54 Å². The molecule has 0 radical (unpaired) electrons. The summed E-state index contributed by atoms with van der Waals surface area (Å²) in [5.41, 5.74) is 3.78. The lowest BCUT2D eigenvalue weighted by Crippen LogP contribution is -2.35. The van der Waals surface area contributed by atoms with E-state index < -0.39 is 0 Å². The van der Waals surface area contributed by atoms with Crippen molar-refractivity contribution in [2.24, 2.45) is 0 Å². The number of hydrogen-bond acceptors (Lipinski definition) is 5. The topological polar surface area (TPSA) is 75.0 Å². The van der Waals surface area contributed by atoms with Crippen molar-refractivity contribution in [3.8, 4) is 11.6 Å². The molecule has 3 aromatic rings. The Labute approximate surface area is 139 Å². The minimum absolute atomic E-state index is 0.0694. The number of aryl methyl sites for hydroxylation is 1. The standard InChI is InChI=1S/C18H18N4O2/c1-12-4-2-7-19-14(12)10-22-8-6-13-15(11-22)20-17(21-18(13)23)16-5-3-9-24-16/h2-5,7,9H,6,8,10-11H2,1H3,(H,20,21,23). The molecule has 6 heteroatoms. The van der Waals surface area contributed by atoms with Crippen molar-refractivity contribution in [2.45, 2.75) is 26.4 Å². The lowest BCUT2D eigenvalue weighted by molar-refractivity contribution is 0.237. The maximum absolute atomic E-state index is 12.3. The summed E-state index contributed by atoms with van der Waals surface area (Å²) in [4.78, 5) is 26.5. The molecule has 1 N–H and O–H groups in total. The van der Waals surface area contributed by atoms with E-state index in [-0.39, 0.29) is 5.56 Å². The molecule has 1 aliphatic rings. The third-order valence-corrected chi connectivity index (χ3v) is 4.40. The predicted octanol–water partition coefficient (Wildman–Crippen LogP) is 2.29. The summed E-state index contributed by atoms with van der Waals surface area (Å²) < 4.78 is 5.35. The van der Waals surface area contributed by atoms with Gasteiger partial charge in [-0.2, -0.15) is 0 Å². The van der Waals surface area contributed by atoms with E-state index in [9.17, 15) is 4.79 Å². The van der Waals surface area contributed by atoms with Crippen molar-refractivity contribution < 1.29 is 4.42 Å². The van der Waals surface area contributed by atoms with Crippen LogP contribution in [0.2, 0.25) is 0 Å². The number of fused-ring (bicyclic) bond motifs is 1. The molecule has 0 aromatic carbocycles. The molecule has 1 aliphatic heterocycles. The average Bonchev–Trinajstić information content (AvgIpc) is 3.11. The molecule has 0 atom stereocenters. The van der Waals surface area contributed by atoms with E-state index in [1.54, 1.807) is 18.4 Å². The van der Waals surface area contributed by atoms with Gasteiger partial charge < -0.3 is 9.40 Å². The second-order valence-electron chi connectivity index (χ2n) is 6.04. The van der Waals surface area contributed by atoms with E-state index in [0.29, 0.717) is 24.6 Å². The van der Waals surface area contributed by atoms with Crippen molar-refractivity contribution in [3.05, 3.63) is 69.6 Å². The number of rotatable bonds is 3. The summed E-state index contributed by atoms with van der Waals surface area (Å²) in [7, 11) is 0. The highest BCUT2D eigenvalue weighted by Gasteiger charge is 2.22. The lowest BCUT2D eigenvalue weighted by atomic mass is 10.1. The van der Waals surface area contributed by atoms with Gasteiger partial charge in [-0.15, -0.1) is 0 Å². The average molecular weight is 322 g/mol. The Balaban J connectivity index is 1.62. The van der Waals surface area contributed by atoms with Gasteiger partial charge >= 0.3 is 0 Å². The second kappa shape index (κ2) is 6.05. The molecule has 0 spiro atoms. The number of nitrogens with zero attached hydrogens (tertiary/aromatic N) is 3. The minimum atomic E-state index is -0.0694. The summed E-state index contributed by atoms with van der Waals surface area (Å²) in [5, 5.41) is 0. The Morgan fingerprint density at radius 1 is 1.33 bits per heavy atom. The minimum Gasteiger partial charge on any atom is -0.461 e. The molecule has 0 aliphatic carbocycles. The van der Waals surface area contributed by atoms with Crippen LogP contribution < -0.4 is 5.56 Å². The van der Waals surface area contributed by atoms with Gasteiger partial charge in [0, 0.05) is 31.4 Å². The van der Waals surface area contributed by atoms with Crippen molar-refractivity contribution in [1.82, 2.24) is 19.9 Å². The third kappa shape index (κ3) is 2.76. The molecule has 3 aromatic heterocycles. The molecule has 0 fully saturated rings. The molecule has 0 saturated carbocycles. The van der Waals surface area contributed by atoms with Gasteiger partial charge in [0.2, 0.25) is 0 Å². The van der Waals surface area contributed by atoms with Gasteiger partial charge in [-0.05, 0) is 37.1 Å². The van der Waals surface area contributed by atoms with Crippen LogP contribution in [0.3, 0.4) is 0 Å². The first kappa shape index (κ1) is 14.8. The molecule has 0 bridgehead atoms. The number of nitrogens with one attached hydrogen (secondary N) is 1. The Hall–Kier alpha value is -2.73. The SMILES string of the molecule is Cc1cccnc1CN1CCc2c(nc(-c3ccco3)[nH]c2=O)C1. The summed E-state index contributed by atoms with van der Waals surface area (Å²) in [6.07, 6.45) is 4.09. The predicted molar refractivity (Wildman–Crippen MR) is 89.4 cm³/mol. The highest BCUT2D eigenvalue weighted by Crippen LogP contribution is 2.20. The monoisotopic (exact) mass is 322 g/mol. The van der Waals surface area contributed by atoms with Crippen LogP contribution in [-0.2, 0) is 19.5 Å². The van der Waals surface area contributed by atoms with Crippen LogP contribution in [0.5, 0.6) is 0 Å². The van der Waals surface area contributed by atoms with Crippen LogP contribution in [0, 0.1) is 6.92 Å². The third-order valence-electron chi connectivity index (χ3n) is 4.40. The van der Waals surface area contributed by atoms with Crippen molar-refractivity contribution in [1.29, 1.82) is 0 Å². The summed E-state index contributed by atoms with van der Waals surface area (Å²) in [6.45, 7) is 4.30. The van der Waals surface area contributed by atoms with E-state index in [1.807, 2.05) is 12.3 Å². The quantitative estimate of drug-likeness (QED) is 0.801. The van der Waals surface area contributed by atoms with Crippen LogP contribution in [0.25, 0.3) is 11.6 Å². The summed E-state index contributed by atoms with van der Waals surface area (Å²) in [5.74, 6) is 1.06.